The van der Waals surface area contributed by atoms with Gasteiger partial charge in [-0.1, -0.05) is 32.4 Å². The smallest absolute Gasteiger partial charge is 0.312 e. The summed E-state index contributed by atoms with van der Waals surface area (Å²) in [5.74, 6) is -4.22. The average Bonchev–Trinajstić information content (AvgIpc) is 3.39. The maximum atomic E-state index is 13.4. The number of anilines is 1. The zero-order chi connectivity index (χ0) is 41.3. The fourth-order valence-corrected chi connectivity index (χ4v) is 6.58. The number of rotatable bonds is 23. The summed E-state index contributed by atoms with van der Waals surface area (Å²) in [6, 6.07) is 3.82. The summed E-state index contributed by atoms with van der Waals surface area (Å²) in [5, 5.41) is 10.6. The summed E-state index contributed by atoms with van der Waals surface area (Å²) in [4.78, 5) is 87.3. The molecule has 306 valence electrons. The highest BCUT2D eigenvalue weighted by Crippen LogP contribution is 2.24. The summed E-state index contributed by atoms with van der Waals surface area (Å²) >= 11 is 0. The van der Waals surface area contributed by atoms with E-state index in [1.165, 1.54) is 12.2 Å². The van der Waals surface area contributed by atoms with E-state index in [4.69, 9.17) is 10.5 Å². The van der Waals surface area contributed by atoms with Crippen LogP contribution in [0.3, 0.4) is 0 Å². The number of carbonyl (C=O) groups is 7. The van der Waals surface area contributed by atoms with Crippen LogP contribution in [0.2, 0.25) is 0 Å². The van der Waals surface area contributed by atoms with Crippen LogP contribution in [0.4, 0.5) is 10.5 Å². The molecule has 1 aliphatic rings. The molecular weight excluding hydrogens is 737 g/mol. The van der Waals surface area contributed by atoms with Gasteiger partial charge in [0.2, 0.25) is 17.7 Å². The predicted molar refractivity (Wildman–Crippen MR) is 203 cm³/mol. The van der Waals surface area contributed by atoms with E-state index in [2.05, 4.69) is 21.3 Å². The number of benzene rings is 1. The second-order valence-corrected chi connectivity index (χ2v) is 16.4. The van der Waals surface area contributed by atoms with Crippen molar-refractivity contribution in [2.75, 3.05) is 24.2 Å². The molecule has 0 spiro atoms. The maximum absolute atomic E-state index is 13.4. The number of nitrogens with zero attached hydrogens (tertiary/aromatic N) is 1. The minimum atomic E-state index is -4.53. The number of carbonyl (C=O) groups excluding carboxylic acids is 7. The Kier molecular flexibility index (Phi) is 18.4. The van der Waals surface area contributed by atoms with Crippen LogP contribution >= 0.6 is 0 Å². The van der Waals surface area contributed by atoms with Crippen LogP contribution in [0.25, 0.3) is 0 Å². The zero-order valence-electron chi connectivity index (χ0n) is 32.2. The van der Waals surface area contributed by atoms with E-state index in [1.54, 1.807) is 58.9 Å². The number of nitrogens with one attached hydrogen (secondary N) is 4. The van der Waals surface area contributed by atoms with Crippen molar-refractivity contribution in [2.24, 2.45) is 23.0 Å². The lowest BCUT2D eigenvalue weighted by Gasteiger charge is -2.30. The third-order valence-electron chi connectivity index (χ3n) is 8.82. The number of urea groups is 1. The van der Waals surface area contributed by atoms with Crippen molar-refractivity contribution in [3.63, 3.8) is 0 Å². The van der Waals surface area contributed by atoms with Gasteiger partial charge in [-0.25, -0.2) is 4.79 Å². The summed E-state index contributed by atoms with van der Waals surface area (Å²) < 4.78 is 39.0. The van der Waals surface area contributed by atoms with E-state index in [1.807, 2.05) is 0 Å². The molecule has 0 fully saturated rings. The normalized spacial score (nSPS) is 14.6. The number of ether oxygens (including phenoxy) is 1. The molecule has 0 saturated carbocycles. The predicted octanol–water partition coefficient (Wildman–Crippen LogP) is 2.56. The second-order valence-electron chi connectivity index (χ2n) is 14.9. The first-order chi connectivity index (χ1) is 25.7. The zero-order valence-corrected chi connectivity index (χ0v) is 33.0. The Morgan fingerprint density at radius 3 is 2.05 bits per heavy atom. The molecule has 3 atom stereocenters. The molecule has 1 aromatic rings. The summed E-state index contributed by atoms with van der Waals surface area (Å²) in [6.45, 7) is 9.24. The van der Waals surface area contributed by atoms with Crippen LogP contribution < -0.4 is 27.0 Å². The highest BCUT2D eigenvalue weighted by molar-refractivity contribution is 7.85. The topological polar surface area (TPSA) is 260 Å². The Bertz CT molecular complexity index is 1640. The number of unbranched alkanes of at least 4 members (excludes halogenated alkanes) is 2. The fourth-order valence-electron chi connectivity index (χ4n) is 5.79. The van der Waals surface area contributed by atoms with Crippen LogP contribution in [0, 0.1) is 17.3 Å². The number of nitrogens with two attached hydrogens (primary N) is 1. The molecule has 1 aromatic carbocycles. The van der Waals surface area contributed by atoms with E-state index in [0.29, 0.717) is 36.9 Å². The molecule has 55 heavy (non-hydrogen) atoms. The molecule has 0 unspecified atom stereocenters. The molecule has 0 radical (unpaired) electrons. The van der Waals surface area contributed by atoms with Crippen molar-refractivity contribution in [2.45, 2.75) is 105 Å². The molecule has 0 bridgehead atoms. The van der Waals surface area contributed by atoms with Crippen molar-refractivity contribution in [1.29, 1.82) is 0 Å². The Hall–Kier alpha value is -4.84. The van der Waals surface area contributed by atoms with Crippen molar-refractivity contribution < 1.29 is 51.3 Å². The van der Waals surface area contributed by atoms with Crippen molar-refractivity contribution in [3.8, 4) is 0 Å². The van der Waals surface area contributed by atoms with E-state index >= 15 is 0 Å². The largest absolute Gasteiger partial charge is 0.460 e. The molecule has 7 N–H and O–H groups in total. The van der Waals surface area contributed by atoms with Gasteiger partial charge in [0.15, 0.2) is 0 Å². The van der Waals surface area contributed by atoms with Gasteiger partial charge in [0.25, 0.3) is 21.9 Å². The van der Waals surface area contributed by atoms with E-state index < -0.39 is 63.0 Å². The van der Waals surface area contributed by atoms with Gasteiger partial charge in [-0.3, -0.25) is 38.2 Å². The highest BCUT2D eigenvalue weighted by Gasteiger charge is 2.31. The summed E-state index contributed by atoms with van der Waals surface area (Å²) in [7, 11) is -4.53. The molecule has 0 aliphatic carbocycles. The van der Waals surface area contributed by atoms with Gasteiger partial charge in [-0.2, -0.15) is 8.42 Å². The third kappa shape index (κ3) is 17.9. The van der Waals surface area contributed by atoms with Crippen molar-refractivity contribution in [1.82, 2.24) is 20.9 Å². The van der Waals surface area contributed by atoms with Gasteiger partial charge in [0.1, 0.15) is 12.6 Å². The Morgan fingerprint density at radius 1 is 0.873 bits per heavy atom. The van der Waals surface area contributed by atoms with Crippen LogP contribution in [-0.2, 0) is 50.2 Å². The van der Waals surface area contributed by atoms with E-state index in [-0.39, 0.29) is 69.1 Å². The van der Waals surface area contributed by atoms with Crippen LogP contribution in [-0.4, -0.2) is 90.3 Å². The standard InChI is InChI=1S/C37H56N6O11S/c1-24(2)27(29(23-55(51,52)53)42-30(44)11-7-6-8-21-43-32(46)18-19-33(43)47)16-17-31(45)41-28(10-9-20-39-36(38)50)34(48)40-26-14-12-25(13-15-26)22-54-35(49)37(3,4)5/h12-15,18-19,24,27-29H,6-11,16-17,20-23H2,1-5H3,(H,40,48)(H,41,45)(H,42,44)(H3,38,39,50)(H,51,52,53)/t27-,28+,29+/m1/s1. The van der Waals surface area contributed by atoms with Crippen molar-refractivity contribution >= 4 is 57.3 Å². The van der Waals surface area contributed by atoms with Gasteiger partial charge in [-0.15, -0.1) is 0 Å². The molecule has 17 nitrogen and oxygen atoms in total. The van der Waals surface area contributed by atoms with Crippen molar-refractivity contribution in [3.05, 3.63) is 42.0 Å². The second kappa shape index (κ2) is 21.9. The highest BCUT2D eigenvalue weighted by atomic mass is 32.2. The number of amides is 7. The van der Waals surface area contributed by atoms with Gasteiger partial charge >= 0.3 is 12.0 Å². The lowest BCUT2D eigenvalue weighted by Crippen LogP contribution is -2.47. The molecule has 1 aliphatic heterocycles. The monoisotopic (exact) mass is 792 g/mol. The maximum Gasteiger partial charge on any atom is 0.312 e. The minimum absolute atomic E-state index is 0.0300. The number of imide groups is 1. The summed E-state index contributed by atoms with van der Waals surface area (Å²) in [6.07, 6.45) is 4.22. The Labute approximate surface area is 322 Å². The number of hydrogen-bond donors (Lipinski definition) is 6. The molecule has 0 aromatic heterocycles. The quantitative estimate of drug-likeness (QED) is 0.0406. The van der Waals surface area contributed by atoms with Gasteiger partial charge in [0.05, 0.1) is 11.2 Å². The first kappa shape index (κ1) is 46.3. The van der Waals surface area contributed by atoms with Gasteiger partial charge in [-0.05, 0) is 82.4 Å². The van der Waals surface area contributed by atoms with E-state index in [0.717, 1.165) is 4.90 Å². The molecular formula is C37H56N6O11S. The lowest BCUT2D eigenvalue weighted by molar-refractivity contribution is -0.154. The fraction of sp³-hybridized carbons (Fsp3) is 0.595. The number of esters is 1. The molecule has 1 heterocycles. The number of primary amides is 1. The van der Waals surface area contributed by atoms with Crippen LogP contribution in [0.1, 0.15) is 91.5 Å². The molecule has 0 saturated heterocycles. The lowest BCUT2D eigenvalue weighted by atomic mass is 9.85. The summed E-state index contributed by atoms with van der Waals surface area (Å²) in [5.41, 5.74) is 5.61. The van der Waals surface area contributed by atoms with E-state index in [9.17, 15) is 46.5 Å². The molecule has 18 heteroatoms. The van der Waals surface area contributed by atoms with Crippen LogP contribution in [0.15, 0.2) is 36.4 Å². The first-order valence-electron chi connectivity index (χ1n) is 18.3. The first-order valence-corrected chi connectivity index (χ1v) is 19.9. The van der Waals surface area contributed by atoms with Gasteiger partial charge in [0, 0.05) is 49.8 Å². The van der Waals surface area contributed by atoms with Gasteiger partial charge < -0.3 is 31.7 Å². The van der Waals surface area contributed by atoms with Crippen LogP contribution in [0.5, 0.6) is 0 Å². The Morgan fingerprint density at radius 2 is 1.49 bits per heavy atom. The molecule has 2 rings (SSSR count). The Balaban J connectivity index is 2.03. The average molecular weight is 793 g/mol. The SMILES string of the molecule is CC(C)[C@@H](CCC(=O)N[C@@H](CCCNC(N)=O)C(=O)Nc1ccc(COC(=O)C(C)(C)C)cc1)[C@H](CS(=O)(=O)O)NC(=O)CCCCCN1C(=O)C=CC1=O. The third-order valence-corrected chi connectivity index (χ3v) is 9.61. The molecule has 7 amide bonds. The minimum Gasteiger partial charge on any atom is -0.460 e. The number of hydrogen-bond acceptors (Lipinski definition) is 10.